The fraction of sp³-hybridized carbons (Fsp3) is 0.143. The van der Waals surface area contributed by atoms with Crippen molar-refractivity contribution in [2.24, 2.45) is 5.10 Å². The average molecular weight is 338 g/mol. The van der Waals surface area contributed by atoms with Gasteiger partial charge in [0.15, 0.2) is 0 Å². The predicted octanol–water partition coefficient (Wildman–Crippen LogP) is 3.59. The summed E-state index contributed by atoms with van der Waals surface area (Å²) in [5.74, 6) is 0.786. The van der Waals surface area contributed by atoms with Crippen LogP contribution in [0, 0.1) is 10.1 Å². The van der Waals surface area contributed by atoms with E-state index in [0.717, 1.165) is 0 Å². The van der Waals surface area contributed by atoms with E-state index in [1.807, 2.05) is 0 Å². The molecule has 0 saturated carbocycles. The molecule has 0 fully saturated rings. The van der Waals surface area contributed by atoms with Gasteiger partial charge in [0.1, 0.15) is 11.5 Å². The Morgan fingerprint density at radius 1 is 1.48 bits per heavy atom. The minimum absolute atomic E-state index is 0.106. The summed E-state index contributed by atoms with van der Waals surface area (Å²) >= 11 is 6.03. The maximum Gasteiger partial charge on any atom is 0.427 e. The number of nitrogens with zero attached hydrogens (tertiary/aromatic N) is 2. The van der Waals surface area contributed by atoms with Gasteiger partial charge in [0, 0.05) is 17.7 Å². The van der Waals surface area contributed by atoms with E-state index >= 15 is 0 Å². The van der Waals surface area contributed by atoms with Gasteiger partial charge in [-0.25, -0.2) is 10.2 Å². The largest absolute Gasteiger partial charge is 0.455 e. The third kappa shape index (κ3) is 4.30. The maximum atomic E-state index is 11.0. The van der Waals surface area contributed by atoms with E-state index in [2.05, 4.69) is 15.3 Å². The molecule has 0 unspecified atom stereocenters. The van der Waals surface area contributed by atoms with E-state index < -0.39 is 11.0 Å². The van der Waals surface area contributed by atoms with Crippen LogP contribution >= 0.6 is 11.6 Å². The van der Waals surface area contributed by atoms with Crippen molar-refractivity contribution < 1.29 is 18.9 Å². The SMILES string of the molecule is CCOC(=O)NN=Cc1ccc(-c2ccc([N+](=O)[O-])cc2Cl)o1. The quantitative estimate of drug-likeness (QED) is 0.509. The van der Waals surface area contributed by atoms with Crippen molar-refractivity contribution in [3.05, 3.63) is 51.2 Å². The topological polar surface area (TPSA) is 107 Å². The molecule has 1 heterocycles. The Hall–Kier alpha value is -2.87. The van der Waals surface area contributed by atoms with Gasteiger partial charge in [-0.3, -0.25) is 10.1 Å². The number of carbonyl (C=O) groups excluding carboxylic acids is 1. The fourth-order valence-corrected chi connectivity index (χ4v) is 1.96. The molecule has 0 bridgehead atoms. The summed E-state index contributed by atoms with van der Waals surface area (Å²) in [7, 11) is 0. The Kier molecular flexibility index (Phi) is 5.32. The Morgan fingerprint density at radius 2 is 2.26 bits per heavy atom. The Bertz CT molecular complexity index is 757. The summed E-state index contributed by atoms with van der Waals surface area (Å²) in [5.41, 5.74) is 2.56. The lowest BCUT2D eigenvalue weighted by atomic mass is 10.1. The number of carbonyl (C=O) groups is 1. The lowest BCUT2D eigenvalue weighted by molar-refractivity contribution is -0.384. The summed E-state index contributed by atoms with van der Waals surface area (Å²) in [6.45, 7) is 1.92. The molecule has 9 heteroatoms. The molecule has 0 saturated heterocycles. The summed E-state index contributed by atoms with van der Waals surface area (Å²) in [6.07, 6.45) is 0.619. The van der Waals surface area contributed by atoms with Crippen molar-refractivity contribution in [1.29, 1.82) is 0 Å². The summed E-state index contributed by atoms with van der Waals surface area (Å²) in [5, 5.41) is 14.5. The lowest BCUT2D eigenvalue weighted by Gasteiger charge is -2.00. The van der Waals surface area contributed by atoms with Crippen LogP contribution in [0.5, 0.6) is 0 Å². The smallest absolute Gasteiger partial charge is 0.427 e. The van der Waals surface area contributed by atoms with Gasteiger partial charge in [0.2, 0.25) is 0 Å². The number of rotatable bonds is 5. The van der Waals surface area contributed by atoms with E-state index in [0.29, 0.717) is 17.1 Å². The molecule has 120 valence electrons. The molecule has 1 aromatic carbocycles. The van der Waals surface area contributed by atoms with Crippen LogP contribution in [0.15, 0.2) is 39.9 Å². The summed E-state index contributed by atoms with van der Waals surface area (Å²) < 4.78 is 10.1. The van der Waals surface area contributed by atoms with Crippen molar-refractivity contribution in [1.82, 2.24) is 5.43 Å². The number of hydrogen-bond donors (Lipinski definition) is 1. The van der Waals surface area contributed by atoms with Gasteiger partial charge < -0.3 is 9.15 Å². The van der Waals surface area contributed by atoms with Crippen LogP contribution in [0.4, 0.5) is 10.5 Å². The van der Waals surface area contributed by atoms with Crippen molar-refractivity contribution >= 4 is 29.6 Å². The van der Waals surface area contributed by atoms with Gasteiger partial charge in [0.25, 0.3) is 5.69 Å². The number of benzene rings is 1. The van der Waals surface area contributed by atoms with E-state index in [9.17, 15) is 14.9 Å². The van der Waals surface area contributed by atoms with E-state index in [1.54, 1.807) is 19.1 Å². The zero-order valence-electron chi connectivity index (χ0n) is 12.0. The van der Waals surface area contributed by atoms with Crippen LogP contribution in [-0.4, -0.2) is 23.8 Å². The first-order valence-electron chi connectivity index (χ1n) is 6.51. The van der Waals surface area contributed by atoms with Gasteiger partial charge in [0.05, 0.1) is 22.8 Å². The monoisotopic (exact) mass is 337 g/mol. The highest BCUT2D eigenvalue weighted by Gasteiger charge is 2.13. The van der Waals surface area contributed by atoms with Crippen molar-refractivity contribution in [3.8, 4) is 11.3 Å². The highest BCUT2D eigenvalue weighted by atomic mass is 35.5. The number of hydrazone groups is 1. The number of amides is 1. The van der Waals surface area contributed by atoms with Gasteiger partial charge >= 0.3 is 6.09 Å². The molecule has 2 aromatic rings. The second kappa shape index (κ2) is 7.41. The third-order valence-electron chi connectivity index (χ3n) is 2.68. The Balaban J connectivity index is 2.11. The molecule has 1 amide bonds. The van der Waals surface area contributed by atoms with Crippen LogP contribution < -0.4 is 5.43 Å². The van der Waals surface area contributed by atoms with Gasteiger partial charge in [-0.05, 0) is 25.1 Å². The highest BCUT2D eigenvalue weighted by Crippen LogP contribution is 2.31. The van der Waals surface area contributed by atoms with Crippen molar-refractivity contribution in [2.45, 2.75) is 6.92 Å². The molecular weight excluding hydrogens is 326 g/mol. The maximum absolute atomic E-state index is 11.0. The molecule has 2 rings (SSSR count). The molecular formula is C14H12ClN3O5. The first-order valence-corrected chi connectivity index (χ1v) is 6.89. The molecule has 23 heavy (non-hydrogen) atoms. The second-order valence-electron chi connectivity index (χ2n) is 4.21. The number of hydrogen-bond acceptors (Lipinski definition) is 6. The molecule has 0 spiro atoms. The lowest BCUT2D eigenvalue weighted by Crippen LogP contribution is -2.18. The van der Waals surface area contributed by atoms with E-state index in [1.165, 1.54) is 24.4 Å². The number of furan rings is 1. The van der Waals surface area contributed by atoms with Gasteiger partial charge in [-0.1, -0.05) is 11.6 Å². The molecule has 0 atom stereocenters. The first-order chi connectivity index (χ1) is 11.0. The van der Waals surface area contributed by atoms with E-state index in [4.69, 9.17) is 16.0 Å². The molecule has 1 aromatic heterocycles. The molecule has 0 aliphatic rings. The zero-order valence-corrected chi connectivity index (χ0v) is 12.7. The van der Waals surface area contributed by atoms with Crippen LogP contribution in [0.25, 0.3) is 11.3 Å². The minimum atomic E-state index is -0.672. The predicted molar refractivity (Wildman–Crippen MR) is 83.6 cm³/mol. The standard InChI is InChI=1S/C14H12ClN3O5/c1-2-22-14(19)17-16-8-10-4-6-13(23-10)11-5-3-9(18(20)21)7-12(11)15/h3-8H,2H2,1H3,(H,17,19). The number of ether oxygens (including phenoxy) is 1. The van der Waals surface area contributed by atoms with Gasteiger partial charge in [-0.2, -0.15) is 5.10 Å². The number of halogens is 1. The number of non-ortho nitro benzene ring substituents is 1. The normalized spacial score (nSPS) is 10.7. The van der Waals surface area contributed by atoms with Crippen LogP contribution in [0.3, 0.4) is 0 Å². The number of nitro groups is 1. The number of nitro benzene ring substituents is 1. The van der Waals surface area contributed by atoms with Gasteiger partial charge in [-0.15, -0.1) is 0 Å². The third-order valence-corrected chi connectivity index (χ3v) is 2.99. The van der Waals surface area contributed by atoms with Crippen molar-refractivity contribution in [2.75, 3.05) is 6.61 Å². The Morgan fingerprint density at radius 3 is 2.91 bits per heavy atom. The van der Waals surface area contributed by atoms with Crippen LogP contribution in [0.1, 0.15) is 12.7 Å². The fourth-order valence-electron chi connectivity index (χ4n) is 1.70. The molecule has 0 aliphatic heterocycles. The first kappa shape index (κ1) is 16.5. The minimum Gasteiger partial charge on any atom is -0.455 e. The Labute approximate surface area is 135 Å². The second-order valence-corrected chi connectivity index (χ2v) is 4.62. The average Bonchev–Trinajstić information content (AvgIpc) is 2.96. The molecule has 0 aliphatic carbocycles. The van der Waals surface area contributed by atoms with E-state index in [-0.39, 0.29) is 17.3 Å². The summed E-state index contributed by atoms with van der Waals surface area (Å²) in [6, 6.07) is 7.33. The zero-order chi connectivity index (χ0) is 16.8. The van der Waals surface area contributed by atoms with Crippen molar-refractivity contribution in [3.63, 3.8) is 0 Å². The summed E-state index contributed by atoms with van der Waals surface area (Å²) in [4.78, 5) is 21.2. The van der Waals surface area contributed by atoms with Crippen LogP contribution in [-0.2, 0) is 4.74 Å². The highest BCUT2D eigenvalue weighted by molar-refractivity contribution is 6.33. The number of nitrogens with one attached hydrogen (secondary N) is 1. The molecule has 1 N–H and O–H groups in total. The molecule has 8 nitrogen and oxygen atoms in total. The van der Waals surface area contributed by atoms with Crippen LogP contribution in [0.2, 0.25) is 5.02 Å². The molecule has 0 radical (unpaired) electrons.